The minimum absolute atomic E-state index is 0. The van der Waals surface area contributed by atoms with Gasteiger partial charge in [0.1, 0.15) is 23.1 Å². The van der Waals surface area contributed by atoms with E-state index in [2.05, 4.69) is 0 Å². The van der Waals surface area contributed by atoms with E-state index in [0.717, 1.165) is 12.1 Å². The van der Waals surface area contributed by atoms with Crippen LogP contribution in [0, 0.1) is 11.6 Å². The minimum atomic E-state index is -0.412. The van der Waals surface area contributed by atoms with Gasteiger partial charge in [0, 0.05) is 12.1 Å². The largest absolute Gasteiger partial charge is 2.00 e. The predicted octanol–water partition coefficient (Wildman–Crippen LogP) is -2.93. The zero-order valence-corrected chi connectivity index (χ0v) is 13.5. The number of phenols is 2. The second kappa shape index (κ2) is 12.4. The molecule has 0 unspecified atom stereocenters. The maximum atomic E-state index is 12.0. The molecule has 0 aliphatic rings. The van der Waals surface area contributed by atoms with Crippen molar-refractivity contribution in [2.75, 3.05) is 0 Å². The summed E-state index contributed by atoms with van der Waals surface area (Å²) in [5, 5.41) is 17.1. The smallest absolute Gasteiger partial charge is 1.00 e. The molecule has 0 aromatic heterocycles. The minimum Gasteiger partial charge on any atom is -1.00 e. The van der Waals surface area contributed by atoms with Gasteiger partial charge in [-0.05, 0) is 24.3 Å². The molecule has 0 amide bonds. The molecule has 0 saturated heterocycles. The van der Waals surface area contributed by atoms with Crippen LogP contribution in [0.15, 0.2) is 48.5 Å². The maximum absolute atomic E-state index is 12.0. The van der Waals surface area contributed by atoms with E-state index in [1.807, 2.05) is 0 Å². The van der Waals surface area contributed by atoms with Crippen LogP contribution in [0.25, 0.3) is 0 Å². The van der Waals surface area contributed by atoms with Gasteiger partial charge in [0.25, 0.3) is 0 Å². The fourth-order valence-corrected chi connectivity index (χ4v) is 0.952. The molecule has 0 aliphatic heterocycles. The monoisotopic (exact) mass is 384 g/mol. The molecule has 0 heterocycles. The molecule has 0 aliphatic carbocycles. The molecule has 2 N–H and O–H groups in total. The number of benzene rings is 2. The SMILES string of the molecule is Oc1cccc(F)c1.Oc1cccc(F)c1.[Cl-].[Cl-].[Zr+2]. The second-order valence-corrected chi connectivity index (χ2v) is 2.96. The quantitative estimate of drug-likeness (QED) is 0.509. The summed E-state index contributed by atoms with van der Waals surface area (Å²) in [5.74, 6) is -0.898. The summed E-state index contributed by atoms with van der Waals surface area (Å²) in [6.45, 7) is 0. The average Bonchev–Trinajstić information content (AvgIpc) is 2.17. The Kier molecular flexibility index (Phi) is 15.3. The van der Waals surface area contributed by atoms with Crippen LogP contribution in [-0.2, 0) is 26.2 Å². The molecule has 2 nitrogen and oxygen atoms in total. The van der Waals surface area contributed by atoms with Crippen LogP contribution in [0.4, 0.5) is 8.78 Å². The van der Waals surface area contributed by atoms with Gasteiger partial charge in [-0.2, -0.15) is 0 Å². The first-order valence-corrected chi connectivity index (χ1v) is 4.47. The van der Waals surface area contributed by atoms with Gasteiger partial charge in [-0.3, -0.25) is 0 Å². The Labute approximate surface area is 141 Å². The van der Waals surface area contributed by atoms with E-state index in [1.165, 1.54) is 36.4 Å². The predicted molar refractivity (Wildman–Crippen MR) is 56.1 cm³/mol. The molecule has 0 radical (unpaired) electrons. The molecule has 19 heavy (non-hydrogen) atoms. The number of hydrogen-bond donors (Lipinski definition) is 2. The fraction of sp³-hybridized carbons (Fsp3) is 0. The van der Waals surface area contributed by atoms with Crippen molar-refractivity contribution in [1.82, 2.24) is 0 Å². The van der Waals surface area contributed by atoms with Crippen molar-refractivity contribution in [3.8, 4) is 11.5 Å². The van der Waals surface area contributed by atoms with Gasteiger partial charge in [-0.15, -0.1) is 0 Å². The van der Waals surface area contributed by atoms with E-state index in [-0.39, 0.29) is 62.5 Å². The molecule has 2 aromatic rings. The number of rotatable bonds is 0. The molecule has 0 saturated carbocycles. The maximum Gasteiger partial charge on any atom is 2.00 e. The first kappa shape index (κ1) is 23.5. The molecule has 0 spiro atoms. The first-order valence-electron chi connectivity index (χ1n) is 4.47. The number of phenolic OH excluding ortho intramolecular Hbond substituents is 2. The summed E-state index contributed by atoms with van der Waals surface area (Å²) in [5.41, 5.74) is 0. The van der Waals surface area contributed by atoms with Crippen LogP contribution in [0.1, 0.15) is 0 Å². The van der Waals surface area contributed by atoms with Crippen LogP contribution in [0.3, 0.4) is 0 Å². The number of hydrogen-bond acceptors (Lipinski definition) is 2. The molecule has 2 rings (SSSR count). The van der Waals surface area contributed by atoms with Gasteiger partial charge in [-0.25, -0.2) is 8.78 Å². The van der Waals surface area contributed by atoms with Gasteiger partial charge < -0.3 is 35.0 Å². The first-order chi connectivity index (χ1) is 7.58. The fourth-order valence-electron chi connectivity index (χ4n) is 0.952. The summed E-state index contributed by atoms with van der Waals surface area (Å²) in [4.78, 5) is 0. The van der Waals surface area contributed by atoms with Gasteiger partial charge in [0.05, 0.1) is 0 Å². The third-order valence-corrected chi connectivity index (χ3v) is 1.62. The van der Waals surface area contributed by atoms with E-state index >= 15 is 0 Å². The van der Waals surface area contributed by atoms with Crippen molar-refractivity contribution < 1.29 is 70.0 Å². The van der Waals surface area contributed by atoms with E-state index in [1.54, 1.807) is 0 Å². The van der Waals surface area contributed by atoms with E-state index in [4.69, 9.17) is 10.2 Å². The topological polar surface area (TPSA) is 40.5 Å². The van der Waals surface area contributed by atoms with Crippen LogP contribution < -0.4 is 24.8 Å². The Bertz CT molecular complexity index is 395. The van der Waals surface area contributed by atoms with Gasteiger partial charge in [0.15, 0.2) is 0 Å². The summed E-state index contributed by atoms with van der Waals surface area (Å²) < 4.78 is 24.0. The average molecular weight is 386 g/mol. The number of halogens is 4. The van der Waals surface area contributed by atoms with Crippen LogP contribution >= 0.6 is 0 Å². The van der Waals surface area contributed by atoms with E-state index < -0.39 is 11.6 Å². The zero-order valence-electron chi connectivity index (χ0n) is 9.53. The van der Waals surface area contributed by atoms with E-state index in [0.29, 0.717) is 0 Å². The third-order valence-electron chi connectivity index (χ3n) is 1.62. The molecule has 0 atom stereocenters. The van der Waals surface area contributed by atoms with Gasteiger partial charge in [-0.1, -0.05) is 12.1 Å². The summed E-state index contributed by atoms with van der Waals surface area (Å²) in [7, 11) is 0. The molecular weight excluding hydrogens is 376 g/mol. The summed E-state index contributed by atoms with van der Waals surface area (Å²) in [6, 6.07) is 10.4. The van der Waals surface area contributed by atoms with Crippen molar-refractivity contribution in [3.05, 3.63) is 60.2 Å². The van der Waals surface area contributed by atoms with Crippen LogP contribution in [-0.4, -0.2) is 10.2 Å². The number of aromatic hydroxyl groups is 2. The molecule has 0 bridgehead atoms. The Morgan fingerprint density at radius 2 is 1.00 bits per heavy atom. The Balaban J connectivity index is -0.000000233. The third kappa shape index (κ3) is 10.9. The van der Waals surface area contributed by atoms with Crippen molar-refractivity contribution in [3.63, 3.8) is 0 Å². The van der Waals surface area contributed by atoms with Crippen molar-refractivity contribution in [1.29, 1.82) is 0 Å². The second-order valence-electron chi connectivity index (χ2n) is 2.96. The molecular formula is C12H10Cl2F2O2Zr. The molecule has 102 valence electrons. The standard InChI is InChI=1S/2C6H5FO.2ClH.Zr/c2*7-5-2-1-3-6(8)4-5;;;/h2*1-4,8H;2*1H;/q;;;;+2/p-2. The van der Waals surface area contributed by atoms with Crippen molar-refractivity contribution >= 4 is 0 Å². The van der Waals surface area contributed by atoms with Crippen LogP contribution in [0.2, 0.25) is 0 Å². The van der Waals surface area contributed by atoms with E-state index in [9.17, 15) is 8.78 Å². The Morgan fingerprint density at radius 1 is 0.684 bits per heavy atom. The zero-order chi connectivity index (χ0) is 12.0. The van der Waals surface area contributed by atoms with Gasteiger partial charge in [0.2, 0.25) is 0 Å². The van der Waals surface area contributed by atoms with Crippen LogP contribution in [0.5, 0.6) is 11.5 Å². The molecule has 2 aromatic carbocycles. The molecule has 0 fully saturated rings. The Morgan fingerprint density at radius 3 is 1.16 bits per heavy atom. The van der Waals surface area contributed by atoms with Crippen molar-refractivity contribution in [2.45, 2.75) is 0 Å². The van der Waals surface area contributed by atoms with Gasteiger partial charge >= 0.3 is 26.2 Å². The van der Waals surface area contributed by atoms with Crippen molar-refractivity contribution in [2.24, 2.45) is 0 Å². The summed E-state index contributed by atoms with van der Waals surface area (Å²) >= 11 is 0. The Hall–Kier alpha value is -0.637. The summed E-state index contributed by atoms with van der Waals surface area (Å²) in [6.07, 6.45) is 0. The molecule has 7 heteroatoms. The normalized spacial score (nSPS) is 7.68.